The molecule has 4 heterocycles. The Kier molecular flexibility index (Phi) is 6.91. The van der Waals surface area contributed by atoms with Crippen LogP contribution < -0.4 is 20.7 Å². The fourth-order valence-electron chi connectivity index (χ4n) is 5.63. The zero-order valence-electron chi connectivity index (χ0n) is 21.5. The normalized spacial score (nSPS) is 20.2. The van der Waals surface area contributed by atoms with Crippen molar-refractivity contribution in [2.75, 3.05) is 56.6 Å². The van der Waals surface area contributed by atoms with Gasteiger partial charge < -0.3 is 30.5 Å². The topological polar surface area (TPSA) is 141 Å². The van der Waals surface area contributed by atoms with Crippen molar-refractivity contribution in [3.8, 4) is 12.1 Å². The number of carbonyl (C=O) groups is 2. The monoisotopic (exact) mass is 516 g/mol. The van der Waals surface area contributed by atoms with Gasteiger partial charge in [-0.1, -0.05) is 18.7 Å². The number of primary amides is 1. The maximum absolute atomic E-state index is 12.0. The van der Waals surface area contributed by atoms with Gasteiger partial charge in [0, 0.05) is 37.6 Å². The van der Waals surface area contributed by atoms with Crippen LogP contribution in [-0.4, -0.2) is 84.0 Å². The van der Waals surface area contributed by atoms with Gasteiger partial charge in [-0.05, 0) is 51.1 Å². The van der Waals surface area contributed by atoms with E-state index in [0.29, 0.717) is 44.3 Å². The summed E-state index contributed by atoms with van der Waals surface area (Å²) < 4.78 is 6.08. The van der Waals surface area contributed by atoms with Gasteiger partial charge in [0.1, 0.15) is 18.2 Å². The second kappa shape index (κ2) is 10.3. The van der Waals surface area contributed by atoms with Gasteiger partial charge in [0.25, 0.3) is 5.91 Å². The lowest BCUT2D eigenvalue weighted by Crippen LogP contribution is -2.59. The molecule has 1 aromatic carbocycles. The second-order valence-corrected chi connectivity index (χ2v) is 10.4. The molecule has 0 saturated carbocycles. The number of aromatic nitrogens is 2. The highest BCUT2D eigenvalue weighted by Gasteiger charge is 2.49. The summed E-state index contributed by atoms with van der Waals surface area (Å²) in [5.41, 5.74) is 6.51. The van der Waals surface area contributed by atoms with E-state index >= 15 is 0 Å². The summed E-state index contributed by atoms with van der Waals surface area (Å²) in [7, 11) is 2.07. The highest BCUT2D eigenvalue weighted by Crippen LogP contribution is 2.42. The number of benzene rings is 1. The van der Waals surface area contributed by atoms with Gasteiger partial charge in [-0.3, -0.25) is 9.59 Å². The minimum Gasteiger partial charge on any atom is -0.462 e. The summed E-state index contributed by atoms with van der Waals surface area (Å²) in [4.78, 5) is 39.3. The molecule has 0 radical (unpaired) electrons. The number of nitriles is 1. The lowest BCUT2D eigenvalue weighted by molar-refractivity contribution is -0.136. The first-order valence-corrected chi connectivity index (χ1v) is 12.8. The SMILES string of the molecule is C=CC(=O)N1CC2(CCN(c3nc(OC[C@@H]4CCCN4C)nc(Nc4ccccc4C(N)=O)c3C#N)C2)C1. The predicted molar refractivity (Wildman–Crippen MR) is 142 cm³/mol. The standard InChI is InChI=1S/C27H32N8O3/c1-3-22(36)35-16-27(17-35)10-12-34(15-27)25-20(13-28)24(30-21-9-5-4-8-19(21)23(29)37)31-26(32-25)38-14-18-7-6-11-33(18)2/h3-5,8-9,18H,1,6-7,10-12,14-17H2,2H3,(H2,29,37)(H,30,31,32)/t18-/m0/s1. The smallest absolute Gasteiger partial charge is 0.320 e. The molecule has 1 spiro atoms. The van der Waals surface area contributed by atoms with Gasteiger partial charge in [-0.15, -0.1) is 0 Å². The van der Waals surface area contributed by atoms with Crippen molar-refractivity contribution in [3.63, 3.8) is 0 Å². The molecule has 38 heavy (non-hydrogen) atoms. The highest BCUT2D eigenvalue weighted by atomic mass is 16.5. The fourth-order valence-corrected chi connectivity index (χ4v) is 5.63. The zero-order chi connectivity index (χ0) is 26.9. The first kappa shape index (κ1) is 25.5. The third kappa shape index (κ3) is 4.87. The van der Waals surface area contributed by atoms with Crippen molar-refractivity contribution in [1.82, 2.24) is 19.8 Å². The van der Waals surface area contributed by atoms with E-state index < -0.39 is 5.91 Å². The Morgan fingerprint density at radius 3 is 2.76 bits per heavy atom. The molecule has 0 unspecified atom stereocenters. The Morgan fingerprint density at radius 2 is 2.08 bits per heavy atom. The molecule has 3 saturated heterocycles. The van der Waals surface area contributed by atoms with E-state index in [1.807, 2.05) is 0 Å². The summed E-state index contributed by atoms with van der Waals surface area (Å²) in [6, 6.07) is 9.50. The van der Waals surface area contributed by atoms with Crippen LogP contribution >= 0.6 is 0 Å². The summed E-state index contributed by atoms with van der Waals surface area (Å²) in [5, 5.41) is 13.3. The molecule has 3 N–H and O–H groups in total. The van der Waals surface area contributed by atoms with Crippen molar-refractivity contribution in [2.45, 2.75) is 25.3 Å². The number of carbonyl (C=O) groups excluding carboxylic acids is 2. The molecule has 3 aliphatic heterocycles. The number of para-hydroxylation sites is 1. The number of likely N-dealkylation sites (tertiary alicyclic amines) is 2. The third-order valence-electron chi connectivity index (χ3n) is 7.78. The van der Waals surface area contributed by atoms with E-state index in [1.54, 1.807) is 29.2 Å². The van der Waals surface area contributed by atoms with Gasteiger partial charge in [-0.25, -0.2) is 0 Å². The summed E-state index contributed by atoms with van der Waals surface area (Å²) in [6.45, 7) is 7.67. The number of nitrogens with two attached hydrogens (primary N) is 1. The predicted octanol–water partition coefficient (Wildman–Crippen LogP) is 1.89. The molecule has 5 rings (SSSR count). The van der Waals surface area contributed by atoms with Crippen molar-refractivity contribution >= 4 is 29.1 Å². The van der Waals surface area contributed by atoms with Crippen LogP contribution in [0.25, 0.3) is 0 Å². The molecule has 3 aliphatic rings. The van der Waals surface area contributed by atoms with Gasteiger partial charge in [0.15, 0.2) is 11.6 Å². The minimum atomic E-state index is -0.591. The molecule has 2 amide bonds. The fraction of sp³-hybridized carbons (Fsp3) is 0.444. The van der Waals surface area contributed by atoms with Crippen LogP contribution in [0.5, 0.6) is 6.01 Å². The van der Waals surface area contributed by atoms with E-state index in [-0.39, 0.29) is 40.3 Å². The number of likely N-dealkylation sites (N-methyl/N-ethyl adjacent to an activating group) is 1. The lowest BCUT2D eigenvalue weighted by Gasteiger charge is -2.47. The van der Waals surface area contributed by atoms with Crippen molar-refractivity contribution in [3.05, 3.63) is 48.0 Å². The first-order valence-electron chi connectivity index (χ1n) is 12.8. The van der Waals surface area contributed by atoms with Crippen molar-refractivity contribution in [2.24, 2.45) is 11.1 Å². The van der Waals surface area contributed by atoms with Crippen LogP contribution in [-0.2, 0) is 4.79 Å². The lowest BCUT2D eigenvalue weighted by atomic mass is 9.79. The Balaban J connectivity index is 1.46. The molecule has 1 atom stereocenters. The Hall–Kier alpha value is -4.17. The maximum atomic E-state index is 12.0. The van der Waals surface area contributed by atoms with E-state index in [9.17, 15) is 14.9 Å². The molecule has 3 fully saturated rings. The first-order chi connectivity index (χ1) is 18.3. The number of hydrogen-bond donors (Lipinski definition) is 2. The molecule has 2 aromatic rings. The average Bonchev–Trinajstić information content (AvgIpc) is 3.52. The number of hydrogen-bond acceptors (Lipinski definition) is 9. The Morgan fingerprint density at radius 1 is 1.29 bits per heavy atom. The van der Waals surface area contributed by atoms with Crippen LogP contribution in [0.2, 0.25) is 0 Å². The summed E-state index contributed by atoms with van der Waals surface area (Å²) in [5.74, 6) is 0.0634. The molecule has 11 nitrogen and oxygen atoms in total. The molecular formula is C27H32N8O3. The average molecular weight is 517 g/mol. The molecule has 11 heteroatoms. The molecule has 0 bridgehead atoms. The Bertz CT molecular complexity index is 1300. The number of anilines is 3. The minimum absolute atomic E-state index is 0.0455. The van der Waals surface area contributed by atoms with Crippen LogP contribution in [0, 0.1) is 16.7 Å². The summed E-state index contributed by atoms with van der Waals surface area (Å²) in [6.07, 6.45) is 4.36. The highest BCUT2D eigenvalue weighted by molar-refractivity contribution is 5.99. The van der Waals surface area contributed by atoms with E-state index in [1.165, 1.54) is 6.08 Å². The number of nitrogens with one attached hydrogen (secondary N) is 1. The number of amides is 2. The zero-order valence-corrected chi connectivity index (χ0v) is 21.5. The number of nitrogens with zero attached hydrogens (tertiary/aromatic N) is 6. The number of ether oxygens (including phenoxy) is 1. The van der Waals surface area contributed by atoms with Gasteiger partial charge >= 0.3 is 6.01 Å². The van der Waals surface area contributed by atoms with Crippen LogP contribution in [0.3, 0.4) is 0 Å². The molecule has 198 valence electrons. The molecular weight excluding hydrogens is 484 g/mol. The van der Waals surface area contributed by atoms with Crippen LogP contribution in [0.1, 0.15) is 35.2 Å². The van der Waals surface area contributed by atoms with Gasteiger partial charge in [0.2, 0.25) is 5.91 Å². The van der Waals surface area contributed by atoms with E-state index in [4.69, 9.17) is 10.5 Å². The van der Waals surface area contributed by atoms with E-state index in [0.717, 1.165) is 25.8 Å². The van der Waals surface area contributed by atoms with Crippen molar-refractivity contribution < 1.29 is 14.3 Å². The van der Waals surface area contributed by atoms with Gasteiger partial charge in [0.05, 0.1) is 11.3 Å². The van der Waals surface area contributed by atoms with Crippen LogP contribution in [0.4, 0.5) is 17.3 Å². The Labute approximate surface area is 221 Å². The summed E-state index contributed by atoms with van der Waals surface area (Å²) >= 11 is 0. The number of rotatable bonds is 8. The molecule has 0 aliphatic carbocycles. The second-order valence-electron chi connectivity index (χ2n) is 10.4. The third-order valence-corrected chi connectivity index (χ3v) is 7.78. The largest absolute Gasteiger partial charge is 0.462 e. The molecule has 1 aromatic heterocycles. The van der Waals surface area contributed by atoms with Crippen molar-refractivity contribution in [1.29, 1.82) is 5.26 Å². The van der Waals surface area contributed by atoms with Crippen LogP contribution in [0.15, 0.2) is 36.9 Å². The quantitative estimate of drug-likeness (QED) is 0.503. The van der Waals surface area contributed by atoms with E-state index in [2.05, 4.69) is 44.8 Å². The maximum Gasteiger partial charge on any atom is 0.320 e. The van der Waals surface area contributed by atoms with Gasteiger partial charge in [-0.2, -0.15) is 15.2 Å².